The van der Waals surface area contributed by atoms with Crippen molar-refractivity contribution in [2.75, 3.05) is 11.9 Å². The standard InChI is InChI=1S/C17H22N6O/c1-9(2)15-21-14-12(5-6-18-17(14)24)16(22-15)20-11-4-3-10-8-19-23-13(10)7-11/h8-9,11H,3-7H2,1-2H3,(H,18,24)(H,19,23)(H,20,21,22). The first kappa shape index (κ1) is 15.1. The van der Waals surface area contributed by atoms with Crippen LogP contribution in [0.3, 0.4) is 0 Å². The lowest BCUT2D eigenvalue weighted by Gasteiger charge is -2.26. The highest BCUT2D eigenvalue weighted by atomic mass is 16.1. The van der Waals surface area contributed by atoms with Gasteiger partial charge in [0.1, 0.15) is 17.3 Å². The molecule has 0 radical (unpaired) electrons. The molecule has 7 nitrogen and oxygen atoms in total. The molecule has 2 aromatic heterocycles. The van der Waals surface area contributed by atoms with Gasteiger partial charge in [0, 0.05) is 36.2 Å². The number of nitrogens with one attached hydrogen (secondary N) is 3. The molecule has 0 saturated carbocycles. The van der Waals surface area contributed by atoms with Crippen molar-refractivity contribution >= 4 is 11.7 Å². The van der Waals surface area contributed by atoms with Crippen LogP contribution in [0, 0.1) is 0 Å². The Labute approximate surface area is 140 Å². The number of hydrogen-bond acceptors (Lipinski definition) is 5. The molecular weight excluding hydrogens is 304 g/mol. The van der Waals surface area contributed by atoms with E-state index in [1.807, 2.05) is 20.0 Å². The summed E-state index contributed by atoms with van der Waals surface area (Å²) in [6.45, 7) is 4.73. The largest absolute Gasteiger partial charge is 0.367 e. The van der Waals surface area contributed by atoms with Gasteiger partial charge in [-0.05, 0) is 24.8 Å². The molecule has 0 aromatic carbocycles. The van der Waals surface area contributed by atoms with Gasteiger partial charge >= 0.3 is 0 Å². The molecule has 24 heavy (non-hydrogen) atoms. The van der Waals surface area contributed by atoms with Crippen LogP contribution >= 0.6 is 0 Å². The Morgan fingerprint density at radius 2 is 2.17 bits per heavy atom. The molecule has 1 aliphatic carbocycles. The molecule has 1 aliphatic heterocycles. The molecule has 0 saturated heterocycles. The summed E-state index contributed by atoms with van der Waals surface area (Å²) in [4.78, 5) is 21.4. The average molecular weight is 326 g/mol. The predicted molar refractivity (Wildman–Crippen MR) is 90.2 cm³/mol. The number of aromatic nitrogens is 4. The van der Waals surface area contributed by atoms with E-state index in [9.17, 15) is 4.79 Å². The highest BCUT2D eigenvalue weighted by Gasteiger charge is 2.27. The summed E-state index contributed by atoms with van der Waals surface area (Å²) in [5.41, 5.74) is 3.97. The highest BCUT2D eigenvalue weighted by molar-refractivity contribution is 5.96. The van der Waals surface area contributed by atoms with E-state index in [4.69, 9.17) is 4.98 Å². The van der Waals surface area contributed by atoms with E-state index in [0.29, 0.717) is 24.1 Å². The fraction of sp³-hybridized carbons (Fsp3) is 0.529. The maximum Gasteiger partial charge on any atom is 0.270 e. The lowest BCUT2D eigenvalue weighted by atomic mass is 9.93. The van der Waals surface area contributed by atoms with Crippen LogP contribution in [0.15, 0.2) is 6.20 Å². The van der Waals surface area contributed by atoms with Gasteiger partial charge in [0.05, 0.1) is 6.20 Å². The number of carbonyl (C=O) groups excluding carboxylic acids is 1. The number of aromatic amines is 1. The van der Waals surface area contributed by atoms with Crippen LogP contribution in [-0.2, 0) is 19.3 Å². The summed E-state index contributed by atoms with van der Waals surface area (Å²) in [6.07, 6.45) is 5.63. The minimum absolute atomic E-state index is 0.0944. The molecule has 1 atom stereocenters. The fourth-order valence-corrected chi connectivity index (χ4v) is 3.41. The van der Waals surface area contributed by atoms with Crippen molar-refractivity contribution in [3.63, 3.8) is 0 Å². The SMILES string of the molecule is CC(C)c1nc(NC2CCc3cn[nH]c3C2)c2c(n1)C(=O)NCC2. The zero-order valence-corrected chi connectivity index (χ0v) is 14.0. The second-order valence-electron chi connectivity index (χ2n) is 6.88. The van der Waals surface area contributed by atoms with Crippen molar-refractivity contribution in [1.82, 2.24) is 25.5 Å². The van der Waals surface area contributed by atoms with Crippen LogP contribution in [0.4, 0.5) is 5.82 Å². The molecule has 3 N–H and O–H groups in total. The van der Waals surface area contributed by atoms with Crippen molar-refractivity contribution in [3.05, 3.63) is 34.5 Å². The van der Waals surface area contributed by atoms with Crippen molar-refractivity contribution in [3.8, 4) is 0 Å². The Morgan fingerprint density at radius 3 is 3.00 bits per heavy atom. The quantitative estimate of drug-likeness (QED) is 0.796. The van der Waals surface area contributed by atoms with Gasteiger partial charge in [-0.2, -0.15) is 5.10 Å². The first-order chi connectivity index (χ1) is 11.6. The van der Waals surface area contributed by atoms with E-state index in [1.165, 1.54) is 11.3 Å². The van der Waals surface area contributed by atoms with Crippen LogP contribution in [0.5, 0.6) is 0 Å². The molecule has 3 heterocycles. The number of anilines is 1. The molecule has 0 bridgehead atoms. The Hall–Kier alpha value is -2.44. The molecule has 0 fully saturated rings. The van der Waals surface area contributed by atoms with E-state index >= 15 is 0 Å². The van der Waals surface area contributed by atoms with Crippen molar-refractivity contribution < 1.29 is 4.79 Å². The van der Waals surface area contributed by atoms with Gasteiger partial charge in [-0.15, -0.1) is 0 Å². The zero-order chi connectivity index (χ0) is 16.7. The lowest BCUT2D eigenvalue weighted by molar-refractivity contribution is 0.0940. The molecule has 2 aliphatic rings. The Balaban J connectivity index is 1.66. The summed E-state index contributed by atoms with van der Waals surface area (Å²) in [6, 6.07) is 0.293. The Bertz CT molecular complexity index is 781. The van der Waals surface area contributed by atoms with Gasteiger partial charge in [-0.3, -0.25) is 9.89 Å². The maximum absolute atomic E-state index is 12.2. The molecule has 2 aromatic rings. The zero-order valence-electron chi connectivity index (χ0n) is 14.0. The number of hydrogen-bond donors (Lipinski definition) is 3. The number of aryl methyl sites for hydroxylation is 1. The number of amides is 1. The summed E-state index contributed by atoms with van der Waals surface area (Å²) in [7, 11) is 0. The molecular formula is C17H22N6O. The maximum atomic E-state index is 12.2. The van der Waals surface area contributed by atoms with Gasteiger partial charge in [-0.25, -0.2) is 9.97 Å². The molecule has 0 spiro atoms. The Morgan fingerprint density at radius 1 is 1.29 bits per heavy atom. The summed E-state index contributed by atoms with van der Waals surface area (Å²) >= 11 is 0. The minimum Gasteiger partial charge on any atom is -0.367 e. The average Bonchev–Trinajstić information content (AvgIpc) is 3.03. The third kappa shape index (κ3) is 2.64. The van der Waals surface area contributed by atoms with Gasteiger partial charge < -0.3 is 10.6 Å². The predicted octanol–water partition coefficient (Wildman–Crippen LogP) is 1.58. The van der Waals surface area contributed by atoms with Gasteiger partial charge in [0.25, 0.3) is 5.91 Å². The lowest BCUT2D eigenvalue weighted by Crippen LogP contribution is -2.35. The molecule has 1 amide bonds. The van der Waals surface area contributed by atoms with E-state index in [0.717, 1.165) is 37.1 Å². The van der Waals surface area contributed by atoms with Crippen LogP contribution in [0.1, 0.15) is 59.3 Å². The monoisotopic (exact) mass is 326 g/mol. The van der Waals surface area contributed by atoms with Crippen molar-refractivity contribution in [1.29, 1.82) is 0 Å². The van der Waals surface area contributed by atoms with Crippen LogP contribution in [0.2, 0.25) is 0 Å². The number of nitrogens with zero attached hydrogens (tertiary/aromatic N) is 3. The molecule has 4 rings (SSSR count). The molecule has 1 unspecified atom stereocenters. The topological polar surface area (TPSA) is 95.6 Å². The summed E-state index contributed by atoms with van der Waals surface area (Å²) < 4.78 is 0. The van der Waals surface area contributed by atoms with Crippen molar-refractivity contribution in [2.45, 2.75) is 51.5 Å². The number of rotatable bonds is 3. The van der Waals surface area contributed by atoms with E-state index in [1.54, 1.807) is 0 Å². The van der Waals surface area contributed by atoms with Crippen LogP contribution < -0.4 is 10.6 Å². The molecule has 7 heteroatoms. The third-order valence-corrected chi connectivity index (χ3v) is 4.78. The van der Waals surface area contributed by atoms with Gasteiger partial charge in [0.15, 0.2) is 0 Å². The fourth-order valence-electron chi connectivity index (χ4n) is 3.41. The smallest absolute Gasteiger partial charge is 0.270 e. The Kier molecular flexibility index (Phi) is 3.70. The second kappa shape index (κ2) is 5.89. The number of fused-ring (bicyclic) bond motifs is 2. The summed E-state index contributed by atoms with van der Waals surface area (Å²) in [5.74, 6) is 1.62. The van der Waals surface area contributed by atoms with Crippen LogP contribution in [-0.4, -0.2) is 38.7 Å². The first-order valence-electron chi connectivity index (χ1n) is 8.58. The van der Waals surface area contributed by atoms with E-state index < -0.39 is 0 Å². The van der Waals surface area contributed by atoms with E-state index in [2.05, 4.69) is 25.8 Å². The number of H-pyrrole nitrogens is 1. The minimum atomic E-state index is -0.0944. The van der Waals surface area contributed by atoms with Gasteiger partial charge in [-0.1, -0.05) is 13.8 Å². The summed E-state index contributed by atoms with van der Waals surface area (Å²) in [5, 5.41) is 13.7. The van der Waals surface area contributed by atoms with Crippen LogP contribution in [0.25, 0.3) is 0 Å². The first-order valence-corrected chi connectivity index (χ1v) is 8.58. The highest BCUT2D eigenvalue weighted by Crippen LogP contribution is 2.27. The second-order valence-corrected chi connectivity index (χ2v) is 6.88. The van der Waals surface area contributed by atoms with Crippen molar-refractivity contribution in [2.24, 2.45) is 0 Å². The number of carbonyl (C=O) groups is 1. The normalized spacial score (nSPS) is 19.6. The third-order valence-electron chi connectivity index (χ3n) is 4.78. The van der Waals surface area contributed by atoms with E-state index in [-0.39, 0.29) is 11.8 Å². The van der Waals surface area contributed by atoms with Gasteiger partial charge in [0.2, 0.25) is 0 Å². The molecule has 126 valence electrons.